The van der Waals surface area contributed by atoms with Gasteiger partial charge in [-0.1, -0.05) is 51.4 Å². The average molecular weight is 376 g/mol. The van der Waals surface area contributed by atoms with Crippen molar-refractivity contribution in [1.29, 1.82) is 0 Å². The molecule has 0 aromatic carbocycles. The summed E-state index contributed by atoms with van der Waals surface area (Å²) in [5.41, 5.74) is 5.44. The fourth-order valence-corrected chi connectivity index (χ4v) is 2.50. The summed E-state index contributed by atoms with van der Waals surface area (Å²) in [6.07, 6.45) is 13.9. The van der Waals surface area contributed by atoms with Crippen molar-refractivity contribution in [2.45, 2.75) is 64.2 Å². The van der Waals surface area contributed by atoms with Gasteiger partial charge in [-0.2, -0.15) is 0 Å². The van der Waals surface area contributed by atoms with Crippen LogP contribution >= 0.6 is 17.0 Å². The van der Waals surface area contributed by atoms with Gasteiger partial charge >= 0.3 is 0 Å². The molecule has 118 valence electrons. The molecule has 0 radical (unpaired) electrons. The molecule has 1 unspecified atom stereocenters. The van der Waals surface area contributed by atoms with E-state index in [2.05, 4.69) is 11.2 Å². The Hall–Kier alpha value is 0.770. The van der Waals surface area contributed by atoms with E-state index in [0.29, 0.717) is 6.61 Å². The smallest absolute Gasteiger partial charge is 0.141 e. The Balaban J connectivity index is 0. The molecule has 6 heteroatoms. The molecular formula is C13H30BrNO2S2. The molecule has 0 aromatic rings. The Labute approximate surface area is 134 Å². The normalized spacial score (nSPS) is 13.8. The van der Waals surface area contributed by atoms with Crippen LogP contribution < -0.4 is 5.73 Å². The Morgan fingerprint density at radius 2 is 1.26 bits per heavy atom. The zero-order chi connectivity index (χ0) is 13.7. The molecule has 0 fully saturated rings. The first-order valence-electron chi connectivity index (χ1n) is 7.11. The van der Waals surface area contributed by atoms with Crippen molar-refractivity contribution in [2.75, 3.05) is 19.4 Å². The van der Waals surface area contributed by atoms with Crippen molar-refractivity contribution in [3.8, 4) is 0 Å². The van der Waals surface area contributed by atoms with E-state index in [0.717, 1.165) is 19.4 Å². The van der Waals surface area contributed by atoms with Crippen LogP contribution in [0.15, 0.2) is 0 Å². The molecule has 3 nitrogen and oxygen atoms in total. The molecule has 0 aliphatic rings. The summed E-state index contributed by atoms with van der Waals surface area (Å²) in [5, 5.41) is 0. The van der Waals surface area contributed by atoms with Crippen molar-refractivity contribution in [1.82, 2.24) is 0 Å². The molecule has 0 aromatic heterocycles. The van der Waals surface area contributed by atoms with Crippen LogP contribution in [0.3, 0.4) is 0 Å². The van der Waals surface area contributed by atoms with E-state index in [-0.39, 0.29) is 17.0 Å². The average Bonchev–Trinajstić information content (AvgIpc) is 2.29. The summed E-state index contributed by atoms with van der Waals surface area (Å²) in [6.45, 7) is 1.37. The fourth-order valence-electron chi connectivity index (χ4n) is 1.87. The topological polar surface area (TPSA) is 52.3 Å². The molecule has 0 rings (SSSR count). The first-order valence-corrected chi connectivity index (χ1v) is 9.92. The summed E-state index contributed by atoms with van der Waals surface area (Å²) in [6, 6.07) is 0. The molecule has 19 heavy (non-hydrogen) atoms. The van der Waals surface area contributed by atoms with Crippen molar-refractivity contribution in [2.24, 2.45) is 5.73 Å². The van der Waals surface area contributed by atoms with Crippen LogP contribution in [0.25, 0.3) is 0 Å². The minimum atomic E-state index is -2.41. The summed E-state index contributed by atoms with van der Waals surface area (Å²) in [5.74, 6) is 0. The second-order valence-electron chi connectivity index (χ2n) is 4.85. The van der Waals surface area contributed by atoms with Gasteiger partial charge in [-0.15, -0.1) is 17.0 Å². The van der Waals surface area contributed by atoms with E-state index in [1.54, 1.807) is 0 Å². The lowest BCUT2D eigenvalue weighted by Crippen LogP contribution is -2.02. The van der Waals surface area contributed by atoms with Gasteiger partial charge < -0.3 is 5.73 Å². The SMILES string of the molecule is Br.CS(=O)(=S)OCCCCCCCCCCCCN. The molecule has 2 N–H and O–H groups in total. The number of nitrogens with two attached hydrogens (primary N) is 1. The molecule has 0 saturated heterocycles. The second-order valence-corrected chi connectivity index (χ2v) is 8.31. The highest BCUT2D eigenvalue weighted by atomic mass is 79.9. The minimum Gasteiger partial charge on any atom is -0.330 e. The molecule has 0 aliphatic heterocycles. The maximum Gasteiger partial charge on any atom is 0.141 e. The highest BCUT2D eigenvalue weighted by molar-refractivity contribution is 8.93. The lowest BCUT2D eigenvalue weighted by Gasteiger charge is -2.04. The Morgan fingerprint density at radius 1 is 0.895 bits per heavy atom. The summed E-state index contributed by atoms with van der Waals surface area (Å²) < 4.78 is 16.1. The van der Waals surface area contributed by atoms with E-state index >= 15 is 0 Å². The van der Waals surface area contributed by atoms with Crippen LogP contribution in [0.2, 0.25) is 0 Å². The lowest BCUT2D eigenvalue weighted by molar-refractivity contribution is 0.333. The summed E-state index contributed by atoms with van der Waals surface area (Å²) >= 11 is 4.66. The van der Waals surface area contributed by atoms with Crippen molar-refractivity contribution in [3.63, 3.8) is 0 Å². The number of rotatable bonds is 13. The number of hydrogen-bond acceptors (Lipinski definition) is 4. The highest BCUT2D eigenvalue weighted by Crippen LogP contribution is 2.10. The Kier molecular flexibility index (Phi) is 17.6. The third-order valence-corrected chi connectivity index (χ3v) is 3.78. The monoisotopic (exact) mass is 375 g/mol. The van der Waals surface area contributed by atoms with Crippen molar-refractivity contribution >= 4 is 36.9 Å². The number of unbranched alkanes of at least 4 members (excludes halogenated alkanes) is 9. The molecule has 0 aliphatic carbocycles. The van der Waals surface area contributed by atoms with Gasteiger partial charge in [0.25, 0.3) is 0 Å². The van der Waals surface area contributed by atoms with Crippen LogP contribution in [-0.2, 0) is 24.1 Å². The summed E-state index contributed by atoms with van der Waals surface area (Å²) in [7, 11) is -2.41. The van der Waals surface area contributed by atoms with Crippen LogP contribution in [-0.4, -0.2) is 23.6 Å². The predicted octanol–water partition coefficient (Wildman–Crippen LogP) is 3.73. The van der Waals surface area contributed by atoms with E-state index in [9.17, 15) is 4.21 Å². The van der Waals surface area contributed by atoms with Gasteiger partial charge in [0.15, 0.2) is 0 Å². The molecule has 0 amide bonds. The van der Waals surface area contributed by atoms with Gasteiger partial charge in [-0.05, 0) is 19.4 Å². The van der Waals surface area contributed by atoms with Gasteiger partial charge in [0, 0.05) is 17.4 Å². The highest BCUT2D eigenvalue weighted by Gasteiger charge is 1.97. The second kappa shape index (κ2) is 15.2. The van der Waals surface area contributed by atoms with E-state index in [1.807, 2.05) is 0 Å². The Bertz CT molecular complexity index is 272. The standard InChI is InChI=1S/C13H29NO2S2.BrH/c1-18(15,17)16-13-11-9-7-5-3-2-4-6-8-10-12-14;/h2-14H2,1H3;1H. The zero-order valence-corrected chi connectivity index (χ0v) is 15.4. The largest absolute Gasteiger partial charge is 0.330 e. The molecule has 0 spiro atoms. The lowest BCUT2D eigenvalue weighted by atomic mass is 10.1. The van der Waals surface area contributed by atoms with E-state index in [1.165, 1.54) is 57.6 Å². The predicted molar refractivity (Wildman–Crippen MR) is 92.9 cm³/mol. The van der Waals surface area contributed by atoms with Crippen molar-refractivity contribution < 1.29 is 8.39 Å². The summed E-state index contributed by atoms with van der Waals surface area (Å²) in [4.78, 5) is 0. The van der Waals surface area contributed by atoms with Gasteiger partial charge in [0.2, 0.25) is 0 Å². The minimum absolute atomic E-state index is 0. The molecule has 0 saturated carbocycles. The maximum absolute atomic E-state index is 11.1. The third-order valence-electron chi connectivity index (χ3n) is 2.90. The maximum atomic E-state index is 11.1. The molecule has 0 bridgehead atoms. The zero-order valence-electron chi connectivity index (χ0n) is 12.1. The van der Waals surface area contributed by atoms with Gasteiger partial charge in [-0.3, -0.25) is 4.18 Å². The number of hydrogen-bond donors (Lipinski definition) is 1. The molecule has 1 atom stereocenters. The van der Waals surface area contributed by atoms with Crippen LogP contribution in [0.1, 0.15) is 64.2 Å². The van der Waals surface area contributed by atoms with Crippen LogP contribution in [0.5, 0.6) is 0 Å². The first kappa shape index (κ1) is 22.1. The first-order chi connectivity index (χ1) is 8.56. The third kappa shape index (κ3) is 21.2. The van der Waals surface area contributed by atoms with Crippen LogP contribution in [0.4, 0.5) is 0 Å². The van der Waals surface area contributed by atoms with E-state index < -0.39 is 8.77 Å². The van der Waals surface area contributed by atoms with Crippen molar-refractivity contribution in [3.05, 3.63) is 0 Å². The Morgan fingerprint density at radius 3 is 1.63 bits per heavy atom. The van der Waals surface area contributed by atoms with E-state index in [4.69, 9.17) is 9.92 Å². The number of halogens is 1. The van der Waals surface area contributed by atoms with Gasteiger partial charge in [0.05, 0.1) is 6.61 Å². The van der Waals surface area contributed by atoms with Gasteiger partial charge in [-0.25, -0.2) is 4.21 Å². The molecule has 0 heterocycles. The molecular weight excluding hydrogens is 346 g/mol. The fraction of sp³-hybridized carbons (Fsp3) is 1.00. The van der Waals surface area contributed by atoms with Crippen LogP contribution in [0, 0.1) is 0 Å². The van der Waals surface area contributed by atoms with Gasteiger partial charge in [0.1, 0.15) is 8.77 Å². The quantitative estimate of drug-likeness (QED) is 0.498.